The van der Waals surface area contributed by atoms with Gasteiger partial charge >= 0.3 is 0 Å². The predicted molar refractivity (Wildman–Crippen MR) is 166 cm³/mol. The van der Waals surface area contributed by atoms with Crippen molar-refractivity contribution in [1.82, 2.24) is 20.4 Å². The summed E-state index contributed by atoms with van der Waals surface area (Å²) in [6.45, 7) is 3.86. The van der Waals surface area contributed by atoms with E-state index in [0.717, 1.165) is 56.1 Å². The molecular formula is C34H45ClN4O3. The Morgan fingerprint density at radius 2 is 1.74 bits per heavy atom. The number of hydrogen-bond acceptors (Lipinski definition) is 4. The van der Waals surface area contributed by atoms with Crippen LogP contribution in [0.3, 0.4) is 0 Å². The summed E-state index contributed by atoms with van der Waals surface area (Å²) in [7, 11) is 0. The van der Waals surface area contributed by atoms with Crippen LogP contribution < -0.4 is 10.6 Å². The second-order valence-electron chi connectivity index (χ2n) is 12.2. The van der Waals surface area contributed by atoms with Crippen LogP contribution in [0.5, 0.6) is 0 Å². The van der Waals surface area contributed by atoms with Crippen molar-refractivity contribution in [2.75, 3.05) is 13.1 Å². The quantitative estimate of drug-likeness (QED) is 0.405. The number of unbranched alkanes of at least 4 members (excludes halogenated alkanes) is 1. The van der Waals surface area contributed by atoms with Gasteiger partial charge in [-0.3, -0.25) is 14.4 Å². The van der Waals surface area contributed by atoms with Crippen molar-refractivity contribution >= 4 is 29.3 Å². The van der Waals surface area contributed by atoms with Crippen LogP contribution in [0.1, 0.15) is 81.4 Å². The normalized spacial score (nSPS) is 21.4. The molecule has 5 rings (SSSR count). The standard InChI is InChI=1S/C34H45ClN4O3/c1-2-3-13-32(40)39(28-11-5-4-6-12-28)29-18-19-38(23-29)34(42)31(20-24-14-16-27(35)17-15-24)37-33(41)30-21-25-9-7-8-10-26(25)22-36-30/h7-10,14-17,28-31,36H,2-6,11-13,18-23H2,1H3,(H,37,41)/t29-,30?,31+/m0/s1. The van der Waals surface area contributed by atoms with Crippen molar-refractivity contribution < 1.29 is 14.4 Å². The van der Waals surface area contributed by atoms with E-state index >= 15 is 0 Å². The molecule has 1 saturated heterocycles. The fourth-order valence-corrected chi connectivity index (χ4v) is 7.01. The molecular weight excluding hydrogens is 548 g/mol. The van der Waals surface area contributed by atoms with E-state index in [9.17, 15) is 14.4 Å². The third-order valence-corrected chi connectivity index (χ3v) is 9.49. The highest BCUT2D eigenvalue weighted by Gasteiger charge is 2.39. The van der Waals surface area contributed by atoms with Crippen molar-refractivity contribution in [3.8, 4) is 0 Å². The fourth-order valence-electron chi connectivity index (χ4n) is 6.88. The van der Waals surface area contributed by atoms with E-state index in [2.05, 4.69) is 34.6 Å². The van der Waals surface area contributed by atoms with Gasteiger partial charge in [-0.1, -0.05) is 80.6 Å². The first-order valence-electron chi connectivity index (χ1n) is 15.9. The smallest absolute Gasteiger partial charge is 0.245 e. The number of rotatable bonds is 10. The van der Waals surface area contributed by atoms with Gasteiger partial charge in [-0.2, -0.15) is 0 Å². The van der Waals surface area contributed by atoms with Crippen LogP contribution in [-0.4, -0.2) is 64.8 Å². The Bertz CT molecular complexity index is 1230. The maximum atomic E-state index is 14.1. The molecule has 3 atom stereocenters. The number of carbonyl (C=O) groups is 3. The lowest BCUT2D eigenvalue weighted by atomic mass is 9.92. The van der Waals surface area contributed by atoms with Crippen molar-refractivity contribution in [2.24, 2.45) is 0 Å². The van der Waals surface area contributed by atoms with Gasteiger partial charge in [0.25, 0.3) is 0 Å². The summed E-state index contributed by atoms with van der Waals surface area (Å²) >= 11 is 6.12. The first-order chi connectivity index (χ1) is 20.4. The molecule has 2 N–H and O–H groups in total. The zero-order chi connectivity index (χ0) is 29.5. The van der Waals surface area contributed by atoms with Gasteiger partial charge in [-0.05, 0) is 60.9 Å². The lowest BCUT2D eigenvalue weighted by molar-refractivity contribution is -0.139. The van der Waals surface area contributed by atoms with Crippen LogP contribution >= 0.6 is 11.6 Å². The molecule has 2 heterocycles. The topological polar surface area (TPSA) is 81.8 Å². The molecule has 3 amide bonds. The van der Waals surface area contributed by atoms with Crippen molar-refractivity contribution in [3.05, 3.63) is 70.2 Å². The van der Waals surface area contributed by atoms with Gasteiger partial charge in [-0.25, -0.2) is 0 Å². The maximum Gasteiger partial charge on any atom is 0.245 e. The minimum atomic E-state index is -0.699. The van der Waals surface area contributed by atoms with E-state index in [-0.39, 0.29) is 29.8 Å². The Kier molecular flexibility index (Phi) is 10.6. The van der Waals surface area contributed by atoms with Crippen molar-refractivity contribution in [2.45, 2.75) is 108 Å². The van der Waals surface area contributed by atoms with Crippen LogP contribution in [0.25, 0.3) is 0 Å². The van der Waals surface area contributed by atoms with Crippen molar-refractivity contribution in [3.63, 3.8) is 0 Å². The molecule has 8 heteroatoms. The molecule has 2 aliphatic heterocycles. The lowest BCUT2D eigenvalue weighted by Crippen LogP contribution is -2.56. The number of nitrogens with one attached hydrogen (secondary N) is 2. The second-order valence-corrected chi connectivity index (χ2v) is 12.7. The summed E-state index contributed by atoms with van der Waals surface area (Å²) in [4.78, 5) is 45.1. The summed E-state index contributed by atoms with van der Waals surface area (Å²) < 4.78 is 0. The number of fused-ring (bicyclic) bond motifs is 1. The second kappa shape index (κ2) is 14.5. The van der Waals surface area contributed by atoms with E-state index in [1.54, 1.807) is 0 Å². The molecule has 3 aliphatic rings. The predicted octanol–water partition coefficient (Wildman–Crippen LogP) is 5.03. The molecule has 0 bridgehead atoms. The Morgan fingerprint density at radius 3 is 2.48 bits per heavy atom. The molecule has 0 spiro atoms. The van der Waals surface area contributed by atoms with Crippen LogP contribution in [0, 0.1) is 0 Å². The molecule has 2 fully saturated rings. The number of halogens is 1. The summed E-state index contributed by atoms with van der Waals surface area (Å²) in [6.07, 6.45) is 9.87. The van der Waals surface area contributed by atoms with E-state index < -0.39 is 12.1 Å². The third kappa shape index (κ3) is 7.54. The molecule has 2 aromatic rings. The molecule has 2 aromatic carbocycles. The SMILES string of the molecule is CCCCC(=O)N(C1CCCCC1)[C@H]1CCN(C(=O)[C@@H](Cc2ccc(Cl)cc2)NC(=O)C2Cc3ccccc3CN2)C1. The molecule has 42 heavy (non-hydrogen) atoms. The van der Waals surface area contributed by atoms with Gasteiger partial charge < -0.3 is 20.4 Å². The fraction of sp³-hybridized carbons (Fsp3) is 0.559. The van der Waals surface area contributed by atoms with Gasteiger partial charge in [0, 0.05) is 43.5 Å². The molecule has 1 saturated carbocycles. The molecule has 0 radical (unpaired) electrons. The Hall–Kier alpha value is -2.90. The Balaban J connectivity index is 1.30. The molecule has 1 unspecified atom stereocenters. The summed E-state index contributed by atoms with van der Waals surface area (Å²) in [5, 5.41) is 7.09. The Labute approximate surface area is 255 Å². The van der Waals surface area contributed by atoms with Gasteiger partial charge in [-0.15, -0.1) is 0 Å². The summed E-state index contributed by atoms with van der Waals surface area (Å²) in [5.74, 6) is -0.00882. The summed E-state index contributed by atoms with van der Waals surface area (Å²) in [6, 6.07) is 14.8. The highest BCUT2D eigenvalue weighted by Crippen LogP contribution is 2.29. The first kappa shape index (κ1) is 30.6. The van der Waals surface area contributed by atoms with Gasteiger partial charge in [0.05, 0.1) is 12.1 Å². The maximum absolute atomic E-state index is 14.1. The number of amides is 3. The van der Waals surface area contributed by atoms with E-state index in [4.69, 9.17) is 11.6 Å². The lowest BCUT2D eigenvalue weighted by Gasteiger charge is -2.39. The minimum Gasteiger partial charge on any atom is -0.343 e. The van der Waals surface area contributed by atoms with Crippen LogP contribution in [0.4, 0.5) is 0 Å². The number of likely N-dealkylation sites (tertiary alicyclic amines) is 1. The zero-order valence-corrected chi connectivity index (χ0v) is 25.6. The van der Waals surface area contributed by atoms with E-state index in [0.29, 0.717) is 43.9 Å². The molecule has 226 valence electrons. The minimum absolute atomic E-state index is 0.0322. The monoisotopic (exact) mass is 592 g/mol. The van der Waals surface area contributed by atoms with E-state index in [1.807, 2.05) is 41.3 Å². The third-order valence-electron chi connectivity index (χ3n) is 9.23. The average molecular weight is 593 g/mol. The number of nitrogens with zero attached hydrogens (tertiary/aromatic N) is 2. The largest absolute Gasteiger partial charge is 0.343 e. The number of hydrogen-bond donors (Lipinski definition) is 2. The van der Waals surface area contributed by atoms with Crippen LogP contribution in [-0.2, 0) is 33.8 Å². The van der Waals surface area contributed by atoms with Gasteiger partial charge in [0.15, 0.2) is 0 Å². The highest BCUT2D eigenvalue weighted by atomic mass is 35.5. The van der Waals surface area contributed by atoms with Gasteiger partial charge in [0.2, 0.25) is 17.7 Å². The van der Waals surface area contributed by atoms with Gasteiger partial charge in [0.1, 0.15) is 6.04 Å². The van der Waals surface area contributed by atoms with Crippen molar-refractivity contribution in [1.29, 1.82) is 0 Å². The molecule has 1 aliphatic carbocycles. The first-order valence-corrected chi connectivity index (χ1v) is 16.3. The number of carbonyl (C=O) groups excluding carboxylic acids is 3. The molecule has 0 aromatic heterocycles. The summed E-state index contributed by atoms with van der Waals surface area (Å²) in [5.41, 5.74) is 3.30. The highest BCUT2D eigenvalue weighted by molar-refractivity contribution is 6.30. The zero-order valence-electron chi connectivity index (χ0n) is 24.8. The van der Waals surface area contributed by atoms with Crippen LogP contribution in [0.15, 0.2) is 48.5 Å². The molecule has 7 nitrogen and oxygen atoms in total. The van der Waals surface area contributed by atoms with Crippen LogP contribution in [0.2, 0.25) is 5.02 Å². The van der Waals surface area contributed by atoms with E-state index in [1.165, 1.54) is 12.0 Å². The average Bonchev–Trinajstić information content (AvgIpc) is 3.50. The Morgan fingerprint density at radius 1 is 1.00 bits per heavy atom. The number of benzene rings is 2.